The monoisotopic (exact) mass is 415 g/mol. The molecule has 7 heteroatoms. The Morgan fingerprint density at radius 2 is 2.08 bits per heavy atom. The molecular formula is C19H18BrN3O3. The fourth-order valence-corrected chi connectivity index (χ4v) is 3.01. The molecule has 3 aromatic rings. The van der Waals surface area contributed by atoms with Crippen LogP contribution in [0.5, 0.6) is 0 Å². The van der Waals surface area contributed by atoms with Crippen LogP contribution in [0.1, 0.15) is 10.4 Å². The van der Waals surface area contributed by atoms with Crippen molar-refractivity contribution in [3.63, 3.8) is 0 Å². The Morgan fingerprint density at radius 1 is 1.31 bits per heavy atom. The van der Waals surface area contributed by atoms with Crippen molar-refractivity contribution in [2.24, 2.45) is 0 Å². The average molecular weight is 416 g/mol. The number of fused-ring (bicyclic) bond motifs is 1. The van der Waals surface area contributed by atoms with Crippen molar-refractivity contribution in [2.75, 3.05) is 32.5 Å². The Morgan fingerprint density at radius 3 is 2.77 bits per heavy atom. The molecule has 0 unspecified atom stereocenters. The van der Waals surface area contributed by atoms with E-state index in [1.807, 2.05) is 49.3 Å². The highest BCUT2D eigenvalue weighted by molar-refractivity contribution is 9.10. The molecule has 134 valence electrons. The van der Waals surface area contributed by atoms with E-state index in [0.717, 1.165) is 22.3 Å². The van der Waals surface area contributed by atoms with Gasteiger partial charge >= 0.3 is 0 Å². The van der Waals surface area contributed by atoms with Gasteiger partial charge in [0.25, 0.3) is 0 Å². The summed E-state index contributed by atoms with van der Waals surface area (Å²) in [6.45, 7) is 1.53. The first-order valence-electron chi connectivity index (χ1n) is 8.07. The third-order valence-corrected chi connectivity index (χ3v) is 4.55. The quantitative estimate of drug-likeness (QED) is 0.360. The minimum atomic E-state index is -0.638. The molecule has 0 aliphatic heterocycles. The molecule has 0 bridgehead atoms. The summed E-state index contributed by atoms with van der Waals surface area (Å²) in [7, 11) is 3.96. The molecule has 2 aromatic carbocycles. The van der Waals surface area contributed by atoms with E-state index in [2.05, 4.69) is 26.2 Å². The lowest BCUT2D eigenvalue weighted by molar-refractivity contribution is -0.104. The van der Waals surface area contributed by atoms with E-state index in [9.17, 15) is 9.59 Å². The minimum Gasteiger partial charge on any atom is -0.435 e. The molecule has 6 nitrogen and oxygen atoms in total. The number of hydrogen-bond acceptors (Lipinski definition) is 6. The lowest BCUT2D eigenvalue weighted by Crippen LogP contribution is -2.20. The Balaban J connectivity index is 2.07. The summed E-state index contributed by atoms with van der Waals surface area (Å²) in [4.78, 5) is 29.7. The first kappa shape index (κ1) is 18.3. The topological polar surface area (TPSA) is 75.4 Å². The van der Waals surface area contributed by atoms with Gasteiger partial charge in [-0.25, -0.2) is 4.98 Å². The predicted octanol–water partition coefficient (Wildman–Crippen LogP) is 3.61. The zero-order valence-electron chi connectivity index (χ0n) is 14.5. The summed E-state index contributed by atoms with van der Waals surface area (Å²) >= 11 is 3.47. The maximum Gasteiger partial charge on any atom is 0.229 e. The van der Waals surface area contributed by atoms with Crippen molar-refractivity contribution in [1.29, 1.82) is 0 Å². The lowest BCUT2D eigenvalue weighted by Gasteiger charge is -2.11. The second kappa shape index (κ2) is 7.80. The number of halogens is 1. The minimum absolute atomic E-state index is 0.204. The van der Waals surface area contributed by atoms with Crippen LogP contribution < -0.4 is 5.32 Å². The third-order valence-electron chi connectivity index (χ3n) is 3.85. The molecule has 0 spiro atoms. The van der Waals surface area contributed by atoms with Gasteiger partial charge < -0.3 is 14.6 Å². The second-order valence-corrected chi connectivity index (χ2v) is 6.94. The number of benzene rings is 2. The molecule has 0 saturated heterocycles. The van der Waals surface area contributed by atoms with Crippen molar-refractivity contribution in [2.45, 2.75) is 0 Å². The number of Topliss-reactive ketones (excluding diaryl/α,β-unsaturated/α-hetero) is 1. The summed E-state index contributed by atoms with van der Waals surface area (Å²) in [5.74, 6) is -0.251. The van der Waals surface area contributed by atoms with Gasteiger partial charge in [-0.3, -0.25) is 9.59 Å². The summed E-state index contributed by atoms with van der Waals surface area (Å²) in [6.07, 6.45) is 0.291. The molecule has 0 radical (unpaired) electrons. The normalized spacial score (nSPS) is 11.1. The number of hydrogen-bond donors (Lipinski definition) is 1. The van der Waals surface area contributed by atoms with E-state index in [-0.39, 0.29) is 5.56 Å². The van der Waals surface area contributed by atoms with Crippen LogP contribution in [-0.4, -0.2) is 49.1 Å². The van der Waals surface area contributed by atoms with E-state index in [0.29, 0.717) is 29.8 Å². The number of aldehydes is 1. The fraction of sp³-hybridized carbons (Fsp3) is 0.211. The van der Waals surface area contributed by atoms with E-state index >= 15 is 0 Å². The number of anilines is 1. The highest BCUT2D eigenvalue weighted by Crippen LogP contribution is 2.32. The van der Waals surface area contributed by atoms with Crippen molar-refractivity contribution in [1.82, 2.24) is 9.88 Å². The Kier molecular flexibility index (Phi) is 5.49. The number of rotatable bonds is 7. The molecule has 1 aromatic heterocycles. The van der Waals surface area contributed by atoms with Crippen LogP contribution in [0.2, 0.25) is 0 Å². The first-order chi connectivity index (χ1) is 12.5. The number of carbonyl (C=O) groups is 2. The standard InChI is InChI=1S/C19H18BrN3O3/c1-23(2)8-7-21-12-9-14(17(25)11-24)18-16(10-12)22-19(26-18)13-5-3-4-6-15(13)20/h3-6,9-11,21H,7-8H2,1-2H3. The number of carbonyl (C=O) groups excluding carboxylic acids is 2. The predicted molar refractivity (Wildman–Crippen MR) is 105 cm³/mol. The smallest absolute Gasteiger partial charge is 0.229 e. The number of likely N-dealkylation sites (N-methyl/N-ethyl adjacent to an activating group) is 1. The average Bonchev–Trinajstić information content (AvgIpc) is 3.04. The van der Waals surface area contributed by atoms with Crippen LogP contribution in [-0.2, 0) is 4.79 Å². The lowest BCUT2D eigenvalue weighted by atomic mass is 10.1. The molecule has 26 heavy (non-hydrogen) atoms. The highest BCUT2D eigenvalue weighted by atomic mass is 79.9. The first-order valence-corrected chi connectivity index (χ1v) is 8.86. The number of nitrogens with one attached hydrogen (secondary N) is 1. The van der Waals surface area contributed by atoms with Gasteiger partial charge in [0.2, 0.25) is 11.7 Å². The number of ketones is 1. The number of oxazole rings is 1. The summed E-state index contributed by atoms with van der Waals surface area (Å²) in [5.41, 5.74) is 2.53. The Bertz CT molecular complexity index is 966. The number of aromatic nitrogens is 1. The Hall–Kier alpha value is -2.51. The maximum absolute atomic E-state index is 12.1. The summed E-state index contributed by atoms with van der Waals surface area (Å²) in [5, 5.41) is 3.25. The molecule has 0 aliphatic rings. The molecule has 3 rings (SSSR count). The molecule has 1 heterocycles. The third kappa shape index (κ3) is 3.84. The molecular weight excluding hydrogens is 398 g/mol. The molecule has 0 atom stereocenters. The van der Waals surface area contributed by atoms with Gasteiger partial charge in [0.15, 0.2) is 11.9 Å². The summed E-state index contributed by atoms with van der Waals surface area (Å²) < 4.78 is 6.66. The second-order valence-electron chi connectivity index (χ2n) is 6.08. The molecule has 0 fully saturated rings. The Labute approximate surface area is 159 Å². The van der Waals surface area contributed by atoms with Gasteiger partial charge in [0.05, 0.1) is 11.1 Å². The highest BCUT2D eigenvalue weighted by Gasteiger charge is 2.18. The van der Waals surface area contributed by atoms with Crippen molar-refractivity contribution in [3.05, 3.63) is 46.4 Å². The fourth-order valence-electron chi connectivity index (χ4n) is 2.56. The van der Waals surface area contributed by atoms with E-state index in [1.165, 1.54) is 0 Å². The van der Waals surface area contributed by atoms with Gasteiger partial charge in [-0.1, -0.05) is 12.1 Å². The van der Waals surface area contributed by atoms with Gasteiger partial charge in [0.1, 0.15) is 5.52 Å². The van der Waals surface area contributed by atoms with E-state index in [1.54, 1.807) is 6.07 Å². The largest absolute Gasteiger partial charge is 0.435 e. The van der Waals surface area contributed by atoms with Crippen molar-refractivity contribution >= 4 is 44.8 Å². The van der Waals surface area contributed by atoms with Crippen LogP contribution >= 0.6 is 15.9 Å². The molecule has 0 aliphatic carbocycles. The van der Waals surface area contributed by atoms with Gasteiger partial charge in [-0.05, 0) is 54.3 Å². The van der Waals surface area contributed by atoms with Crippen LogP contribution in [0.15, 0.2) is 45.3 Å². The molecule has 0 saturated carbocycles. The number of nitrogens with zero attached hydrogens (tertiary/aromatic N) is 2. The van der Waals surface area contributed by atoms with Crippen LogP contribution in [0, 0.1) is 0 Å². The van der Waals surface area contributed by atoms with Gasteiger partial charge in [-0.15, -0.1) is 0 Å². The zero-order chi connectivity index (χ0) is 18.7. The van der Waals surface area contributed by atoms with Crippen LogP contribution in [0.4, 0.5) is 5.69 Å². The molecule has 1 N–H and O–H groups in total. The maximum atomic E-state index is 12.1. The zero-order valence-corrected chi connectivity index (χ0v) is 16.0. The van der Waals surface area contributed by atoms with Crippen molar-refractivity contribution in [3.8, 4) is 11.5 Å². The summed E-state index contributed by atoms with van der Waals surface area (Å²) in [6, 6.07) is 11.0. The van der Waals surface area contributed by atoms with Gasteiger partial charge in [0, 0.05) is 23.2 Å². The van der Waals surface area contributed by atoms with E-state index in [4.69, 9.17) is 4.42 Å². The van der Waals surface area contributed by atoms with E-state index < -0.39 is 5.78 Å². The van der Waals surface area contributed by atoms with Gasteiger partial charge in [-0.2, -0.15) is 0 Å². The SMILES string of the molecule is CN(C)CCNc1cc(C(=O)C=O)c2oc(-c3ccccc3Br)nc2c1. The van der Waals surface area contributed by atoms with Crippen LogP contribution in [0.25, 0.3) is 22.6 Å². The van der Waals surface area contributed by atoms with Crippen molar-refractivity contribution < 1.29 is 14.0 Å². The molecule has 0 amide bonds. The van der Waals surface area contributed by atoms with Crippen LogP contribution in [0.3, 0.4) is 0 Å².